The molecule has 0 N–H and O–H groups in total. The molecule has 3 heteroatoms. The van der Waals surface area contributed by atoms with Crippen LogP contribution < -0.4 is 4.90 Å². The number of hydrogen-bond acceptors (Lipinski definition) is 3. The number of anilines is 1. The van der Waals surface area contributed by atoms with E-state index in [1.54, 1.807) is 6.20 Å². The summed E-state index contributed by atoms with van der Waals surface area (Å²) in [6, 6.07) is 4.01. The maximum absolute atomic E-state index is 10.3. The second-order valence-corrected chi connectivity index (χ2v) is 3.94. The van der Waals surface area contributed by atoms with Crippen molar-refractivity contribution in [3.63, 3.8) is 0 Å². The van der Waals surface area contributed by atoms with Crippen molar-refractivity contribution in [1.29, 1.82) is 0 Å². The standard InChI is InChI=1S/C12H16N2O/c15-9-6-11-4-5-12(13-10-11)14-7-2-1-3-8-14/h4-5,9-10H,1-3,6-8H2. The molecule has 0 aliphatic carbocycles. The fraction of sp³-hybridized carbons (Fsp3) is 0.500. The van der Waals surface area contributed by atoms with E-state index in [1.807, 2.05) is 12.1 Å². The van der Waals surface area contributed by atoms with Crippen molar-refractivity contribution < 1.29 is 4.79 Å². The summed E-state index contributed by atoms with van der Waals surface area (Å²) < 4.78 is 0. The van der Waals surface area contributed by atoms with Crippen LogP contribution in [0, 0.1) is 0 Å². The predicted molar refractivity (Wildman–Crippen MR) is 60.1 cm³/mol. The molecule has 0 saturated carbocycles. The summed E-state index contributed by atoms with van der Waals surface area (Å²) in [5.41, 5.74) is 0.991. The monoisotopic (exact) mass is 204 g/mol. The third-order valence-electron chi connectivity index (χ3n) is 2.81. The van der Waals surface area contributed by atoms with Crippen LogP contribution in [-0.4, -0.2) is 24.4 Å². The molecule has 0 radical (unpaired) electrons. The molecule has 1 saturated heterocycles. The van der Waals surface area contributed by atoms with Gasteiger partial charge in [-0.2, -0.15) is 0 Å². The average molecular weight is 204 g/mol. The third kappa shape index (κ3) is 2.55. The van der Waals surface area contributed by atoms with Crippen LogP contribution in [0.2, 0.25) is 0 Å². The highest BCUT2D eigenvalue weighted by Gasteiger charge is 2.11. The van der Waals surface area contributed by atoms with Crippen LogP contribution in [0.1, 0.15) is 24.8 Å². The molecule has 3 nitrogen and oxygen atoms in total. The molecule has 15 heavy (non-hydrogen) atoms. The van der Waals surface area contributed by atoms with E-state index in [1.165, 1.54) is 19.3 Å². The smallest absolute Gasteiger partial charge is 0.128 e. The molecule has 0 bridgehead atoms. The van der Waals surface area contributed by atoms with Crippen molar-refractivity contribution in [3.8, 4) is 0 Å². The molecule has 0 unspecified atom stereocenters. The average Bonchev–Trinajstić information content (AvgIpc) is 2.32. The van der Waals surface area contributed by atoms with E-state index >= 15 is 0 Å². The molecule has 0 atom stereocenters. The fourth-order valence-electron chi connectivity index (χ4n) is 1.94. The number of aldehydes is 1. The fourth-order valence-corrected chi connectivity index (χ4v) is 1.94. The summed E-state index contributed by atoms with van der Waals surface area (Å²) in [4.78, 5) is 17.0. The molecule has 0 amide bonds. The van der Waals surface area contributed by atoms with Crippen molar-refractivity contribution in [2.45, 2.75) is 25.7 Å². The molecular weight excluding hydrogens is 188 g/mol. The van der Waals surface area contributed by atoms with E-state index in [9.17, 15) is 4.79 Å². The van der Waals surface area contributed by atoms with Crippen LogP contribution in [0.5, 0.6) is 0 Å². The number of carbonyl (C=O) groups is 1. The Kier molecular flexibility index (Phi) is 3.33. The topological polar surface area (TPSA) is 33.2 Å². The molecule has 0 aromatic carbocycles. The number of nitrogens with zero attached hydrogens (tertiary/aromatic N) is 2. The van der Waals surface area contributed by atoms with Gasteiger partial charge in [0.15, 0.2) is 0 Å². The van der Waals surface area contributed by atoms with Gasteiger partial charge in [0.05, 0.1) is 0 Å². The summed E-state index contributed by atoms with van der Waals surface area (Å²) in [5, 5.41) is 0. The van der Waals surface area contributed by atoms with Gasteiger partial charge >= 0.3 is 0 Å². The molecule has 1 aliphatic rings. The van der Waals surface area contributed by atoms with Crippen molar-refractivity contribution in [2.75, 3.05) is 18.0 Å². The number of hydrogen-bond donors (Lipinski definition) is 0. The Hall–Kier alpha value is -1.38. The lowest BCUT2D eigenvalue weighted by atomic mass is 10.1. The first kappa shape index (κ1) is 10.1. The van der Waals surface area contributed by atoms with Gasteiger partial charge in [-0.05, 0) is 30.9 Å². The van der Waals surface area contributed by atoms with Crippen LogP contribution in [0.3, 0.4) is 0 Å². The second-order valence-electron chi connectivity index (χ2n) is 3.94. The summed E-state index contributed by atoms with van der Waals surface area (Å²) in [6.45, 7) is 2.22. The lowest BCUT2D eigenvalue weighted by molar-refractivity contribution is -0.107. The van der Waals surface area contributed by atoms with Gasteiger partial charge in [-0.3, -0.25) is 0 Å². The summed E-state index contributed by atoms with van der Waals surface area (Å²) in [6.07, 6.45) is 7.04. The highest BCUT2D eigenvalue weighted by Crippen LogP contribution is 2.17. The molecule has 2 rings (SSSR count). The minimum absolute atomic E-state index is 0.466. The SMILES string of the molecule is O=CCc1ccc(N2CCCCC2)nc1. The van der Waals surface area contributed by atoms with Gasteiger partial charge in [0.1, 0.15) is 12.1 Å². The Balaban J connectivity index is 2.04. The molecule has 0 spiro atoms. The molecular formula is C12H16N2O. The van der Waals surface area contributed by atoms with Crippen LogP contribution in [0.15, 0.2) is 18.3 Å². The Morgan fingerprint density at radius 1 is 1.27 bits per heavy atom. The van der Waals surface area contributed by atoms with E-state index in [4.69, 9.17) is 0 Å². The number of aromatic nitrogens is 1. The second kappa shape index (κ2) is 4.91. The van der Waals surface area contributed by atoms with E-state index in [0.29, 0.717) is 6.42 Å². The molecule has 2 heterocycles. The first-order valence-corrected chi connectivity index (χ1v) is 5.53. The molecule has 1 aliphatic heterocycles. The number of piperidine rings is 1. The Morgan fingerprint density at radius 2 is 2.07 bits per heavy atom. The molecule has 1 aromatic rings. The van der Waals surface area contributed by atoms with Crippen molar-refractivity contribution >= 4 is 12.1 Å². The van der Waals surface area contributed by atoms with Gasteiger partial charge in [-0.15, -0.1) is 0 Å². The number of pyridine rings is 1. The summed E-state index contributed by atoms with van der Waals surface area (Å²) >= 11 is 0. The Labute approximate surface area is 90.1 Å². The zero-order chi connectivity index (χ0) is 10.5. The highest BCUT2D eigenvalue weighted by atomic mass is 16.1. The van der Waals surface area contributed by atoms with Crippen molar-refractivity contribution in [3.05, 3.63) is 23.9 Å². The van der Waals surface area contributed by atoms with E-state index in [2.05, 4.69) is 9.88 Å². The normalized spacial score (nSPS) is 16.4. The quantitative estimate of drug-likeness (QED) is 0.704. The van der Waals surface area contributed by atoms with E-state index in [0.717, 1.165) is 30.8 Å². The number of carbonyl (C=O) groups excluding carboxylic acids is 1. The van der Waals surface area contributed by atoms with Gasteiger partial charge in [0.25, 0.3) is 0 Å². The maximum Gasteiger partial charge on any atom is 0.128 e. The zero-order valence-corrected chi connectivity index (χ0v) is 8.85. The van der Waals surface area contributed by atoms with Crippen molar-refractivity contribution in [2.24, 2.45) is 0 Å². The van der Waals surface area contributed by atoms with Crippen LogP contribution >= 0.6 is 0 Å². The van der Waals surface area contributed by atoms with Crippen molar-refractivity contribution in [1.82, 2.24) is 4.98 Å². The molecule has 1 aromatic heterocycles. The largest absolute Gasteiger partial charge is 0.357 e. The van der Waals surface area contributed by atoms with Gasteiger partial charge < -0.3 is 9.69 Å². The van der Waals surface area contributed by atoms with E-state index < -0.39 is 0 Å². The minimum Gasteiger partial charge on any atom is -0.357 e. The summed E-state index contributed by atoms with van der Waals surface area (Å²) in [7, 11) is 0. The van der Waals surface area contributed by atoms with Crippen LogP contribution in [0.4, 0.5) is 5.82 Å². The Morgan fingerprint density at radius 3 is 2.67 bits per heavy atom. The zero-order valence-electron chi connectivity index (χ0n) is 8.85. The molecule has 80 valence electrons. The van der Waals surface area contributed by atoms with Gasteiger partial charge in [0, 0.05) is 25.7 Å². The summed E-state index contributed by atoms with van der Waals surface area (Å²) in [5.74, 6) is 1.05. The van der Waals surface area contributed by atoms with E-state index in [-0.39, 0.29) is 0 Å². The van der Waals surface area contributed by atoms with Crippen LogP contribution in [-0.2, 0) is 11.2 Å². The first-order valence-electron chi connectivity index (χ1n) is 5.53. The highest BCUT2D eigenvalue weighted by molar-refractivity contribution is 5.55. The lowest BCUT2D eigenvalue weighted by Gasteiger charge is -2.27. The first-order chi connectivity index (χ1) is 7.40. The van der Waals surface area contributed by atoms with Gasteiger partial charge in [-0.1, -0.05) is 6.07 Å². The number of rotatable bonds is 3. The van der Waals surface area contributed by atoms with Gasteiger partial charge in [-0.25, -0.2) is 4.98 Å². The third-order valence-corrected chi connectivity index (χ3v) is 2.81. The predicted octanol–water partition coefficient (Wildman–Crippen LogP) is 1.81. The Bertz CT molecular complexity index is 315. The lowest BCUT2D eigenvalue weighted by Crippen LogP contribution is -2.30. The van der Waals surface area contributed by atoms with Crippen LogP contribution in [0.25, 0.3) is 0 Å². The molecule has 1 fully saturated rings. The van der Waals surface area contributed by atoms with Gasteiger partial charge in [0.2, 0.25) is 0 Å². The minimum atomic E-state index is 0.466. The maximum atomic E-state index is 10.3.